The molecule has 1 aromatic carbocycles. The standard InChI is InChI=1S/C21H29N3O3/c22-21(27)18(24-19(25)12-6-11-16-9-4-5-10-16)15-20(26)23-14-13-17-7-2-1-3-8-17/h1-3,6-8,12,16,18H,4-5,9-11,13-15H2,(H2,22,27)(H,23,26)(H,24,25)/b12-6+. The van der Waals surface area contributed by atoms with E-state index in [0.29, 0.717) is 18.9 Å². The molecular weight excluding hydrogens is 342 g/mol. The second-order valence-corrected chi connectivity index (χ2v) is 7.04. The third-order valence-corrected chi connectivity index (χ3v) is 4.84. The Labute approximate surface area is 160 Å². The van der Waals surface area contributed by atoms with Crippen LogP contribution in [0.1, 0.15) is 44.1 Å². The summed E-state index contributed by atoms with van der Waals surface area (Å²) in [5, 5.41) is 5.27. The van der Waals surface area contributed by atoms with Gasteiger partial charge in [-0.2, -0.15) is 0 Å². The van der Waals surface area contributed by atoms with Crippen LogP contribution >= 0.6 is 0 Å². The monoisotopic (exact) mass is 371 g/mol. The van der Waals surface area contributed by atoms with Gasteiger partial charge in [-0.1, -0.05) is 62.1 Å². The van der Waals surface area contributed by atoms with Crippen LogP contribution in [-0.4, -0.2) is 30.3 Å². The van der Waals surface area contributed by atoms with Crippen molar-refractivity contribution in [3.63, 3.8) is 0 Å². The molecule has 2 rings (SSSR count). The number of carbonyl (C=O) groups is 3. The molecule has 1 saturated carbocycles. The summed E-state index contributed by atoms with van der Waals surface area (Å²) in [5.74, 6) is -0.777. The average Bonchev–Trinajstić information content (AvgIpc) is 3.15. The number of rotatable bonds is 10. The third-order valence-electron chi connectivity index (χ3n) is 4.84. The molecule has 0 bridgehead atoms. The summed E-state index contributed by atoms with van der Waals surface area (Å²) < 4.78 is 0. The van der Waals surface area contributed by atoms with Crippen LogP contribution in [0.15, 0.2) is 42.5 Å². The predicted molar refractivity (Wildman–Crippen MR) is 105 cm³/mol. The van der Waals surface area contributed by atoms with E-state index in [0.717, 1.165) is 12.0 Å². The molecule has 27 heavy (non-hydrogen) atoms. The summed E-state index contributed by atoms with van der Waals surface area (Å²) in [5.41, 5.74) is 6.44. The SMILES string of the molecule is NC(=O)C(CC(=O)NCCc1ccccc1)NC(=O)/C=C/CC1CCCC1. The Balaban J connectivity index is 1.71. The van der Waals surface area contributed by atoms with Crippen LogP contribution in [0.4, 0.5) is 0 Å². The molecule has 3 amide bonds. The maximum atomic E-state index is 12.0. The Morgan fingerprint density at radius 2 is 1.85 bits per heavy atom. The molecule has 0 spiro atoms. The Kier molecular flexibility index (Phi) is 8.55. The van der Waals surface area contributed by atoms with Gasteiger partial charge in [-0.05, 0) is 30.4 Å². The van der Waals surface area contributed by atoms with Crippen molar-refractivity contribution in [3.8, 4) is 0 Å². The van der Waals surface area contributed by atoms with Crippen molar-refractivity contribution in [1.29, 1.82) is 0 Å². The van der Waals surface area contributed by atoms with Gasteiger partial charge in [-0.3, -0.25) is 14.4 Å². The van der Waals surface area contributed by atoms with Gasteiger partial charge < -0.3 is 16.4 Å². The minimum Gasteiger partial charge on any atom is -0.368 e. The summed E-state index contributed by atoms with van der Waals surface area (Å²) >= 11 is 0. The van der Waals surface area contributed by atoms with Gasteiger partial charge in [-0.15, -0.1) is 0 Å². The number of nitrogens with two attached hydrogens (primary N) is 1. The first-order valence-electron chi connectivity index (χ1n) is 9.61. The zero-order valence-corrected chi connectivity index (χ0v) is 15.7. The van der Waals surface area contributed by atoms with E-state index < -0.39 is 17.9 Å². The lowest BCUT2D eigenvalue weighted by Crippen LogP contribution is -2.46. The van der Waals surface area contributed by atoms with Gasteiger partial charge in [0.1, 0.15) is 6.04 Å². The highest BCUT2D eigenvalue weighted by Gasteiger charge is 2.20. The molecule has 1 unspecified atom stereocenters. The van der Waals surface area contributed by atoms with E-state index in [-0.39, 0.29) is 12.3 Å². The minimum absolute atomic E-state index is 0.160. The number of allylic oxidation sites excluding steroid dienone is 1. The Bertz CT molecular complexity index is 652. The minimum atomic E-state index is -1.01. The first-order chi connectivity index (χ1) is 13.0. The molecular formula is C21H29N3O3. The van der Waals surface area contributed by atoms with E-state index in [1.165, 1.54) is 31.8 Å². The molecule has 146 valence electrons. The second kappa shape index (κ2) is 11.2. The van der Waals surface area contributed by atoms with Crippen molar-refractivity contribution in [2.45, 2.75) is 51.0 Å². The fraction of sp³-hybridized carbons (Fsp3) is 0.476. The Hall–Kier alpha value is -2.63. The molecule has 1 atom stereocenters. The number of hydrogen-bond donors (Lipinski definition) is 3. The van der Waals surface area contributed by atoms with Crippen molar-refractivity contribution in [2.24, 2.45) is 11.7 Å². The second-order valence-electron chi connectivity index (χ2n) is 7.04. The molecule has 0 aromatic heterocycles. The van der Waals surface area contributed by atoms with Crippen LogP contribution in [0.5, 0.6) is 0 Å². The van der Waals surface area contributed by atoms with E-state index in [2.05, 4.69) is 10.6 Å². The third kappa shape index (κ3) is 8.07. The van der Waals surface area contributed by atoms with Gasteiger partial charge >= 0.3 is 0 Å². The van der Waals surface area contributed by atoms with Crippen LogP contribution in [0, 0.1) is 5.92 Å². The summed E-state index contributed by atoms with van der Waals surface area (Å²) in [7, 11) is 0. The van der Waals surface area contributed by atoms with Crippen molar-refractivity contribution >= 4 is 17.7 Å². The zero-order chi connectivity index (χ0) is 19.5. The van der Waals surface area contributed by atoms with Crippen molar-refractivity contribution in [1.82, 2.24) is 10.6 Å². The zero-order valence-electron chi connectivity index (χ0n) is 15.7. The van der Waals surface area contributed by atoms with Crippen molar-refractivity contribution in [2.75, 3.05) is 6.54 Å². The highest BCUT2D eigenvalue weighted by atomic mass is 16.2. The normalized spacial score (nSPS) is 15.6. The lowest BCUT2D eigenvalue weighted by molar-refractivity contribution is -0.129. The van der Waals surface area contributed by atoms with Crippen LogP contribution in [-0.2, 0) is 20.8 Å². The average molecular weight is 371 g/mol. The number of primary amides is 1. The molecule has 4 N–H and O–H groups in total. The first kappa shape index (κ1) is 20.7. The van der Waals surface area contributed by atoms with Gasteiger partial charge in [0.15, 0.2) is 0 Å². The first-order valence-corrected chi connectivity index (χ1v) is 9.61. The molecule has 1 aliphatic carbocycles. The van der Waals surface area contributed by atoms with Crippen molar-refractivity contribution < 1.29 is 14.4 Å². The van der Waals surface area contributed by atoms with Gasteiger partial charge in [0, 0.05) is 6.54 Å². The number of amides is 3. The lowest BCUT2D eigenvalue weighted by atomic mass is 10.0. The molecule has 1 aliphatic rings. The topological polar surface area (TPSA) is 101 Å². The largest absolute Gasteiger partial charge is 0.368 e. The summed E-state index contributed by atoms with van der Waals surface area (Å²) in [6.07, 6.45) is 9.61. The summed E-state index contributed by atoms with van der Waals surface area (Å²) in [4.78, 5) is 35.6. The predicted octanol–water partition coefficient (Wildman–Crippen LogP) is 1.84. The van der Waals surface area contributed by atoms with E-state index in [1.54, 1.807) is 0 Å². The van der Waals surface area contributed by atoms with E-state index in [9.17, 15) is 14.4 Å². The van der Waals surface area contributed by atoms with E-state index in [1.807, 2.05) is 36.4 Å². The maximum Gasteiger partial charge on any atom is 0.244 e. The Morgan fingerprint density at radius 3 is 2.52 bits per heavy atom. The molecule has 6 nitrogen and oxygen atoms in total. The molecule has 1 fully saturated rings. The molecule has 1 aromatic rings. The van der Waals surface area contributed by atoms with Gasteiger partial charge in [-0.25, -0.2) is 0 Å². The number of nitrogens with one attached hydrogen (secondary N) is 2. The molecule has 0 aliphatic heterocycles. The van der Waals surface area contributed by atoms with E-state index >= 15 is 0 Å². The fourth-order valence-corrected chi connectivity index (χ4v) is 3.30. The Morgan fingerprint density at radius 1 is 1.15 bits per heavy atom. The van der Waals surface area contributed by atoms with Gasteiger partial charge in [0.05, 0.1) is 6.42 Å². The van der Waals surface area contributed by atoms with Crippen LogP contribution in [0.25, 0.3) is 0 Å². The highest BCUT2D eigenvalue weighted by molar-refractivity contribution is 5.94. The number of hydrogen-bond acceptors (Lipinski definition) is 3. The van der Waals surface area contributed by atoms with E-state index in [4.69, 9.17) is 5.73 Å². The molecule has 0 saturated heterocycles. The maximum absolute atomic E-state index is 12.0. The summed E-state index contributed by atoms with van der Waals surface area (Å²) in [6, 6.07) is 8.77. The lowest BCUT2D eigenvalue weighted by Gasteiger charge is -2.14. The molecule has 6 heteroatoms. The smallest absolute Gasteiger partial charge is 0.244 e. The van der Waals surface area contributed by atoms with Crippen molar-refractivity contribution in [3.05, 3.63) is 48.0 Å². The highest BCUT2D eigenvalue weighted by Crippen LogP contribution is 2.27. The van der Waals surface area contributed by atoms with Gasteiger partial charge in [0.25, 0.3) is 0 Å². The molecule has 0 heterocycles. The molecule has 0 radical (unpaired) electrons. The number of carbonyl (C=O) groups excluding carboxylic acids is 3. The quantitative estimate of drug-likeness (QED) is 0.547. The van der Waals surface area contributed by atoms with Crippen LogP contribution < -0.4 is 16.4 Å². The van der Waals surface area contributed by atoms with Gasteiger partial charge in [0.2, 0.25) is 17.7 Å². The number of benzene rings is 1. The van der Waals surface area contributed by atoms with Crippen LogP contribution in [0.2, 0.25) is 0 Å². The van der Waals surface area contributed by atoms with Crippen LogP contribution in [0.3, 0.4) is 0 Å². The fourth-order valence-electron chi connectivity index (χ4n) is 3.30. The summed E-state index contributed by atoms with van der Waals surface area (Å²) in [6.45, 7) is 0.462.